The van der Waals surface area contributed by atoms with Crippen molar-refractivity contribution in [3.8, 4) is 0 Å². The minimum absolute atomic E-state index is 0.0145. The van der Waals surface area contributed by atoms with Crippen LogP contribution in [0, 0.1) is 0 Å². The van der Waals surface area contributed by atoms with Gasteiger partial charge in [-0.25, -0.2) is 8.42 Å². The molecular formula is C16H20Cl2N2O4S. The summed E-state index contributed by atoms with van der Waals surface area (Å²) in [5.74, 6) is -1.10. The number of rotatable bonds is 6. The van der Waals surface area contributed by atoms with Crippen molar-refractivity contribution >= 4 is 45.0 Å². The molecule has 0 spiro atoms. The average molecular weight is 407 g/mol. The van der Waals surface area contributed by atoms with Gasteiger partial charge in [-0.1, -0.05) is 36.2 Å². The lowest BCUT2D eigenvalue weighted by Gasteiger charge is -2.49. The van der Waals surface area contributed by atoms with Crippen LogP contribution in [0.15, 0.2) is 18.2 Å². The summed E-state index contributed by atoms with van der Waals surface area (Å²) in [7, 11) is -3.68. The number of sulfonamides is 1. The lowest BCUT2D eigenvalue weighted by atomic mass is 9.85. The van der Waals surface area contributed by atoms with Crippen LogP contribution in [0.2, 0.25) is 10.0 Å². The molecule has 9 heteroatoms. The molecule has 1 fully saturated rings. The first-order valence-corrected chi connectivity index (χ1v) is 10.3. The maximum absolute atomic E-state index is 12.5. The van der Waals surface area contributed by atoms with Gasteiger partial charge in [-0.05, 0) is 37.5 Å². The highest BCUT2D eigenvalue weighted by molar-refractivity contribution is 7.90. The molecule has 0 radical (unpaired) electrons. The van der Waals surface area contributed by atoms with Crippen molar-refractivity contribution in [3.05, 3.63) is 33.8 Å². The predicted molar refractivity (Wildman–Crippen MR) is 97.1 cm³/mol. The zero-order valence-electron chi connectivity index (χ0n) is 14.0. The quantitative estimate of drug-likeness (QED) is 0.785. The average Bonchev–Trinajstić information content (AvgIpc) is 2.47. The molecule has 1 aromatic carbocycles. The second-order valence-electron chi connectivity index (χ2n) is 6.23. The van der Waals surface area contributed by atoms with E-state index in [2.05, 4.69) is 4.72 Å². The number of benzene rings is 1. The summed E-state index contributed by atoms with van der Waals surface area (Å²) in [5, 5.41) is 0.841. The second-order valence-corrected chi connectivity index (χ2v) is 8.92. The highest BCUT2D eigenvalue weighted by atomic mass is 35.5. The molecule has 25 heavy (non-hydrogen) atoms. The van der Waals surface area contributed by atoms with Crippen molar-refractivity contribution < 1.29 is 18.0 Å². The summed E-state index contributed by atoms with van der Waals surface area (Å²) in [6.07, 6.45) is 0.818. The number of carbonyl (C=O) groups excluding carboxylic acids is 2. The van der Waals surface area contributed by atoms with E-state index in [1.165, 1.54) is 4.90 Å². The maximum atomic E-state index is 12.5. The molecule has 1 N–H and O–H groups in total. The Bertz CT molecular complexity index is 797. The molecule has 1 heterocycles. The van der Waals surface area contributed by atoms with E-state index in [4.69, 9.17) is 23.2 Å². The largest absolute Gasteiger partial charge is 0.328 e. The molecule has 0 aliphatic carbocycles. The van der Waals surface area contributed by atoms with Gasteiger partial charge in [0.1, 0.15) is 5.54 Å². The maximum Gasteiger partial charge on any atom is 0.259 e. The van der Waals surface area contributed by atoms with Crippen molar-refractivity contribution in [1.82, 2.24) is 9.62 Å². The van der Waals surface area contributed by atoms with Gasteiger partial charge >= 0.3 is 0 Å². The van der Waals surface area contributed by atoms with Crippen molar-refractivity contribution in [3.63, 3.8) is 0 Å². The molecule has 1 aromatic rings. The van der Waals surface area contributed by atoms with Crippen molar-refractivity contribution in [2.24, 2.45) is 0 Å². The van der Waals surface area contributed by atoms with Gasteiger partial charge in [-0.15, -0.1) is 0 Å². The molecule has 2 amide bonds. The summed E-state index contributed by atoms with van der Waals surface area (Å²) >= 11 is 11.9. The number of likely N-dealkylation sites (tertiary alicyclic amines) is 1. The Kier molecular flexibility index (Phi) is 6.01. The number of hydrogen-bond acceptors (Lipinski definition) is 4. The third-order valence-corrected chi connectivity index (χ3v) is 6.32. The van der Waals surface area contributed by atoms with E-state index in [0.29, 0.717) is 35.0 Å². The van der Waals surface area contributed by atoms with Gasteiger partial charge in [-0.2, -0.15) is 0 Å². The molecule has 0 bridgehead atoms. The van der Waals surface area contributed by atoms with Crippen LogP contribution >= 0.6 is 23.2 Å². The molecular weight excluding hydrogens is 387 g/mol. The molecule has 6 nitrogen and oxygen atoms in total. The van der Waals surface area contributed by atoms with Gasteiger partial charge in [0, 0.05) is 16.6 Å². The molecule has 1 aliphatic rings. The number of amides is 2. The Morgan fingerprint density at radius 2 is 2.00 bits per heavy atom. The predicted octanol–water partition coefficient (Wildman–Crippen LogP) is 2.38. The summed E-state index contributed by atoms with van der Waals surface area (Å²) in [4.78, 5) is 26.3. The van der Waals surface area contributed by atoms with Gasteiger partial charge < -0.3 is 4.90 Å². The Balaban J connectivity index is 2.09. The van der Waals surface area contributed by atoms with Crippen LogP contribution in [-0.4, -0.2) is 43.0 Å². The topological polar surface area (TPSA) is 83.6 Å². The molecule has 1 unspecified atom stereocenters. The first kappa shape index (κ1) is 20.0. The Morgan fingerprint density at radius 1 is 1.32 bits per heavy atom. The zero-order valence-corrected chi connectivity index (χ0v) is 16.3. The van der Waals surface area contributed by atoms with E-state index in [0.717, 1.165) is 0 Å². The minimum atomic E-state index is -3.68. The van der Waals surface area contributed by atoms with Crippen LogP contribution in [0.4, 0.5) is 0 Å². The Morgan fingerprint density at radius 3 is 2.52 bits per heavy atom. The lowest BCUT2D eigenvalue weighted by Crippen LogP contribution is -2.68. The molecule has 1 saturated heterocycles. The zero-order chi connectivity index (χ0) is 18.8. The summed E-state index contributed by atoms with van der Waals surface area (Å²) in [6.45, 7) is 3.66. The van der Waals surface area contributed by atoms with Crippen LogP contribution < -0.4 is 4.72 Å². The molecule has 1 aliphatic heterocycles. The van der Waals surface area contributed by atoms with E-state index < -0.39 is 21.5 Å². The van der Waals surface area contributed by atoms with Gasteiger partial charge in [0.25, 0.3) is 5.91 Å². The van der Waals surface area contributed by atoms with E-state index >= 15 is 0 Å². The smallest absolute Gasteiger partial charge is 0.259 e. The van der Waals surface area contributed by atoms with E-state index in [1.807, 2.05) is 0 Å². The van der Waals surface area contributed by atoms with Crippen molar-refractivity contribution in [2.75, 3.05) is 12.3 Å². The number of carbonyl (C=O) groups is 2. The fraction of sp³-hybridized carbons (Fsp3) is 0.500. The number of nitrogens with zero attached hydrogens (tertiary/aromatic N) is 1. The first-order valence-electron chi connectivity index (χ1n) is 7.88. The third kappa shape index (κ3) is 4.46. The van der Waals surface area contributed by atoms with Gasteiger partial charge in [-0.3, -0.25) is 14.3 Å². The molecule has 0 saturated carbocycles. The summed E-state index contributed by atoms with van der Waals surface area (Å²) in [5.41, 5.74) is -0.569. The highest BCUT2D eigenvalue weighted by Gasteiger charge is 2.50. The van der Waals surface area contributed by atoms with Gasteiger partial charge in [0.05, 0.1) is 12.2 Å². The van der Waals surface area contributed by atoms with Gasteiger partial charge in [0.15, 0.2) is 0 Å². The Labute approximate surface area is 157 Å². The minimum Gasteiger partial charge on any atom is -0.328 e. The SMILES string of the molecule is CCCS(=O)(=O)NC(=O)C1(C)CCN1C(=O)Cc1ccc(Cl)cc1Cl. The molecule has 138 valence electrons. The van der Waals surface area contributed by atoms with E-state index in [-0.39, 0.29) is 18.1 Å². The van der Waals surface area contributed by atoms with Crippen LogP contribution in [0.25, 0.3) is 0 Å². The fourth-order valence-corrected chi connectivity index (χ4v) is 4.31. The van der Waals surface area contributed by atoms with Crippen LogP contribution in [0.3, 0.4) is 0 Å². The number of hydrogen-bond donors (Lipinski definition) is 1. The standard InChI is InChI=1S/C16H20Cl2N2O4S/c1-3-8-25(23,24)19-15(22)16(2)6-7-20(16)14(21)9-11-4-5-12(17)10-13(11)18/h4-5,10H,3,6-9H2,1-2H3,(H,19,22). The number of nitrogens with one attached hydrogen (secondary N) is 1. The Hall–Kier alpha value is -1.31. The molecule has 2 rings (SSSR count). The van der Waals surface area contributed by atoms with Gasteiger partial charge in [0.2, 0.25) is 15.9 Å². The lowest BCUT2D eigenvalue weighted by molar-refractivity contribution is -0.156. The van der Waals surface area contributed by atoms with E-state index in [9.17, 15) is 18.0 Å². The van der Waals surface area contributed by atoms with Crippen molar-refractivity contribution in [1.29, 1.82) is 0 Å². The summed E-state index contributed by atoms with van der Waals surface area (Å²) < 4.78 is 25.7. The normalized spacial score (nSPS) is 20.1. The van der Waals surface area contributed by atoms with E-state index in [1.54, 1.807) is 32.0 Å². The van der Waals surface area contributed by atoms with Crippen LogP contribution in [-0.2, 0) is 26.0 Å². The summed E-state index contributed by atoms with van der Waals surface area (Å²) in [6, 6.07) is 4.84. The second kappa shape index (κ2) is 7.51. The first-order chi connectivity index (χ1) is 11.6. The van der Waals surface area contributed by atoms with Crippen LogP contribution in [0.5, 0.6) is 0 Å². The van der Waals surface area contributed by atoms with Crippen LogP contribution in [0.1, 0.15) is 32.3 Å². The highest BCUT2D eigenvalue weighted by Crippen LogP contribution is 2.32. The van der Waals surface area contributed by atoms with Crippen molar-refractivity contribution in [2.45, 2.75) is 38.6 Å². The molecule has 0 aromatic heterocycles. The fourth-order valence-electron chi connectivity index (χ4n) is 2.69. The third-order valence-electron chi connectivity index (χ3n) is 4.29. The molecule has 1 atom stereocenters. The monoisotopic (exact) mass is 406 g/mol. The number of halogens is 2.